The zero-order valence-electron chi connectivity index (χ0n) is 10.4. The molecular weight excluding hydrogens is 228 g/mol. The molecule has 2 aliphatic rings. The third-order valence-electron chi connectivity index (χ3n) is 3.56. The molecule has 0 unspecified atom stereocenters. The average Bonchev–Trinajstić information content (AvgIpc) is 3.11. The molecule has 2 aliphatic carbocycles. The minimum absolute atomic E-state index is 0.0740. The van der Waals surface area contributed by atoms with Crippen molar-refractivity contribution in [3.63, 3.8) is 0 Å². The second kappa shape index (κ2) is 4.96. The summed E-state index contributed by atoms with van der Waals surface area (Å²) in [6.45, 7) is 0. The summed E-state index contributed by atoms with van der Waals surface area (Å²) >= 11 is 0. The van der Waals surface area contributed by atoms with Crippen molar-refractivity contribution in [2.45, 2.75) is 44.6 Å². The van der Waals surface area contributed by atoms with E-state index < -0.39 is 0 Å². The summed E-state index contributed by atoms with van der Waals surface area (Å²) in [7, 11) is 0. The zero-order valence-corrected chi connectivity index (χ0v) is 10.4. The highest BCUT2D eigenvalue weighted by Crippen LogP contribution is 2.32. The summed E-state index contributed by atoms with van der Waals surface area (Å²) in [6, 6.07) is 3.73. The number of hydrogen-bond donors (Lipinski definition) is 1. The number of hydrogen-bond acceptors (Lipinski definition) is 3. The summed E-state index contributed by atoms with van der Waals surface area (Å²) in [5, 5.41) is 2.87. The fourth-order valence-corrected chi connectivity index (χ4v) is 2.33. The van der Waals surface area contributed by atoms with Gasteiger partial charge in [-0.15, -0.1) is 0 Å². The molecule has 0 bridgehead atoms. The van der Waals surface area contributed by atoms with Crippen LogP contribution in [0.3, 0.4) is 0 Å². The van der Waals surface area contributed by atoms with Gasteiger partial charge in [-0.25, -0.2) is 4.98 Å². The normalized spacial score (nSPS) is 19.8. The number of pyridine rings is 1. The fourth-order valence-electron chi connectivity index (χ4n) is 2.33. The van der Waals surface area contributed by atoms with Crippen molar-refractivity contribution in [3.8, 4) is 5.75 Å². The Morgan fingerprint density at radius 2 is 2.06 bits per heavy atom. The van der Waals surface area contributed by atoms with Crippen molar-refractivity contribution in [1.29, 1.82) is 0 Å². The van der Waals surface area contributed by atoms with Crippen LogP contribution in [-0.4, -0.2) is 17.0 Å². The minimum atomic E-state index is 0.0740. The van der Waals surface area contributed by atoms with Crippen molar-refractivity contribution in [1.82, 2.24) is 4.98 Å². The Labute approximate surface area is 107 Å². The van der Waals surface area contributed by atoms with Gasteiger partial charge >= 0.3 is 0 Å². The summed E-state index contributed by atoms with van der Waals surface area (Å²) in [6.07, 6.45) is 8.63. The summed E-state index contributed by atoms with van der Waals surface area (Å²) in [5.41, 5.74) is 0. The lowest BCUT2D eigenvalue weighted by atomic mass is 10.3. The molecule has 96 valence electrons. The lowest BCUT2D eigenvalue weighted by molar-refractivity contribution is -0.117. The maximum Gasteiger partial charge on any atom is 0.228 e. The summed E-state index contributed by atoms with van der Waals surface area (Å²) < 4.78 is 5.93. The molecule has 1 aromatic rings. The molecule has 0 saturated heterocycles. The highest BCUT2D eigenvalue weighted by molar-refractivity contribution is 5.94. The molecule has 2 saturated carbocycles. The molecule has 1 heterocycles. The van der Waals surface area contributed by atoms with Crippen molar-refractivity contribution in [2.24, 2.45) is 5.92 Å². The Balaban J connectivity index is 1.69. The van der Waals surface area contributed by atoms with E-state index in [1.54, 1.807) is 6.20 Å². The molecule has 18 heavy (non-hydrogen) atoms. The van der Waals surface area contributed by atoms with Crippen LogP contribution in [0.15, 0.2) is 18.3 Å². The van der Waals surface area contributed by atoms with E-state index in [-0.39, 0.29) is 17.9 Å². The number of nitrogens with one attached hydrogen (secondary N) is 1. The predicted molar refractivity (Wildman–Crippen MR) is 68.5 cm³/mol. The monoisotopic (exact) mass is 246 g/mol. The molecular formula is C14H18N2O2. The van der Waals surface area contributed by atoms with Crippen LogP contribution < -0.4 is 10.1 Å². The van der Waals surface area contributed by atoms with Crippen molar-refractivity contribution in [3.05, 3.63) is 18.3 Å². The van der Waals surface area contributed by atoms with Gasteiger partial charge in [-0.2, -0.15) is 0 Å². The van der Waals surface area contributed by atoms with Crippen LogP contribution in [0.1, 0.15) is 38.5 Å². The van der Waals surface area contributed by atoms with E-state index >= 15 is 0 Å². The Morgan fingerprint density at radius 3 is 2.78 bits per heavy atom. The van der Waals surface area contributed by atoms with E-state index in [0.717, 1.165) is 25.7 Å². The molecule has 0 atom stereocenters. The largest absolute Gasteiger partial charge is 0.487 e. The maximum atomic E-state index is 11.8. The quantitative estimate of drug-likeness (QED) is 0.888. The van der Waals surface area contributed by atoms with Gasteiger partial charge in [-0.1, -0.05) is 0 Å². The molecule has 2 fully saturated rings. The van der Waals surface area contributed by atoms with Crippen LogP contribution in [0.5, 0.6) is 5.75 Å². The Kier molecular flexibility index (Phi) is 3.17. The molecule has 4 nitrogen and oxygen atoms in total. The number of carbonyl (C=O) groups excluding carboxylic acids is 1. The lowest BCUT2D eigenvalue weighted by Gasteiger charge is -2.15. The van der Waals surface area contributed by atoms with Gasteiger partial charge in [0.2, 0.25) is 5.91 Å². The second-order valence-corrected chi connectivity index (χ2v) is 5.14. The van der Waals surface area contributed by atoms with Crippen LogP contribution in [0.4, 0.5) is 5.82 Å². The number of amides is 1. The SMILES string of the molecule is O=C(Nc1ncccc1OC1CCCC1)C1CC1. The molecule has 0 radical (unpaired) electrons. The molecule has 0 aromatic carbocycles. The third-order valence-corrected chi connectivity index (χ3v) is 3.56. The number of nitrogens with zero attached hydrogens (tertiary/aromatic N) is 1. The molecule has 0 spiro atoms. The average molecular weight is 246 g/mol. The van der Waals surface area contributed by atoms with E-state index in [9.17, 15) is 4.79 Å². The molecule has 1 aromatic heterocycles. The van der Waals surface area contributed by atoms with Gasteiger partial charge in [0.05, 0.1) is 6.10 Å². The number of carbonyl (C=O) groups is 1. The Hall–Kier alpha value is -1.58. The molecule has 3 rings (SSSR count). The van der Waals surface area contributed by atoms with Crippen molar-refractivity contribution >= 4 is 11.7 Å². The standard InChI is InChI=1S/C14H18N2O2/c17-14(10-7-8-10)16-13-12(6-3-9-15-13)18-11-4-1-2-5-11/h3,6,9-11H,1-2,4-5,7-8H2,(H,15,16,17). The van der Waals surface area contributed by atoms with Gasteiger partial charge in [0.15, 0.2) is 11.6 Å². The smallest absolute Gasteiger partial charge is 0.228 e. The first-order valence-electron chi connectivity index (χ1n) is 6.75. The predicted octanol–water partition coefficient (Wildman–Crippen LogP) is 2.75. The first-order valence-corrected chi connectivity index (χ1v) is 6.75. The first-order chi connectivity index (χ1) is 8.83. The van der Waals surface area contributed by atoms with E-state index in [2.05, 4.69) is 10.3 Å². The zero-order chi connectivity index (χ0) is 12.4. The van der Waals surface area contributed by atoms with Crippen LogP contribution in [-0.2, 0) is 4.79 Å². The number of aromatic nitrogens is 1. The molecule has 4 heteroatoms. The first kappa shape index (κ1) is 11.5. The molecule has 0 aliphatic heterocycles. The fraction of sp³-hybridized carbons (Fsp3) is 0.571. The van der Waals surface area contributed by atoms with Crippen LogP contribution in [0.2, 0.25) is 0 Å². The number of rotatable bonds is 4. The Bertz CT molecular complexity index is 437. The topological polar surface area (TPSA) is 51.2 Å². The maximum absolute atomic E-state index is 11.8. The highest BCUT2D eigenvalue weighted by atomic mass is 16.5. The van der Waals surface area contributed by atoms with E-state index in [1.807, 2.05) is 12.1 Å². The molecule has 1 amide bonds. The van der Waals surface area contributed by atoms with Gasteiger partial charge < -0.3 is 10.1 Å². The van der Waals surface area contributed by atoms with Gasteiger partial charge in [-0.05, 0) is 50.7 Å². The third kappa shape index (κ3) is 2.63. The van der Waals surface area contributed by atoms with Crippen molar-refractivity contribution in [2.75, 3.05) is 5.32 Å². The molecule has 1 N–H and O–H groups in total. The van der Waals surface area contributed by atoms with Crippen LogP contribution in [0.25, 0.3) is 0 Å². The minimum Gasteiger partial charge on any atom is -0.487 e. The van der Waals surface area contributed by atoms with E-state index in [0.29, 0.717) is 11.6 Å². The van der Waals surface area contributed by atoms with E-state index in [1.165, 1.54) is 12.8 Å². The van der Waals surface area contributed by atoms with Crippen LogP contribution in [0, 0.1) is 5.92 Å². The van der Waals surface area contributed by atoms with Crippen LogP contribution >= 0.6 is 0 Å². The van der Waals surface area contributed by atoms with Crippen molar-refractivity contribution < 1.29 is 9.53 Å². The Morgan fingerprint density at radius 1 is 1.28 bits per heavy atom. The number of anilines is 1. The van der Waals surface area contributed by atoms with Gasteiger partial charge in [0, 0.05) is 12.1 Å². The van der Waals surface area contributed by atoms with Gasteiger partial charge in [0.1, 0.15) is 0 Å². The summed E-state index contributed by atoms with van der Waals surface area (Å²) in [5.74, 6) is 1.54. The van der Waals surface area contributed by atoms with E-state index in [4.69, 9.17) is 4.74 Å². The van der Waals surface area contributed by atoms with Gasteiger partial charge in [-0.3, -0.25) is 4.79 Å². The summed E-state index contributed by atoms with van der Waals surface area (Å²) in [4.78, 5) is 16.0. The highest BCUT2D eigenvalue weighted by Gasteiger charge is 2.30. The van der Waals surface area contributed by atoms with Gasteiger partial charge in [0.25, 0.3) is 0 Å². The lowest BCUT2D eigenvalue weighted by Crippen LogP contribution is -2.17. The number of ether oxygens (including phenoxy) is 1. The second-order valence-electron chi connectivity index (χ2n) is 5.14.